The maximum absolute atomic E-state index is 12.3. The number of nitrogens with one attached hydrogen (secondary N) is 2. The smallest absolute Gasteiger partial charge is 0.244 e. The largest absolute Gasteiger partial charge is 0.390 e. The number of benzene rings is 1. The van der Waals surface area contributed by atoms with Crippen LogP contribution in [0.15, 0.2) is 33.6 Å². The van der Waals surface area contributed by atoms with Crippen LogP contribution in [0.2, 0.25) is 0 Å². The van der Waals surface area contributed by atoms with Gasteiger partial charge in [0.25, 0.3) is 0 Å². The summed E-state index contributed by atoms with van der Waals surface area (Å²) in [5, 5.41) is 15.5. The third kappa shape index (κ3) is 3.26. The summed E-state index contributed by atoms with van der Waals surface area (Å²) < 4.78 is 27.9. The summed E-state index contributed by atoms with van der Waals surface area (Å²) in [4.78, 5) is 0.00926. The van der Waals surface area contributed by atoms with Crippen LogP contribution >= 0.6 is 15.9 Å². The van der Waals surface area contributed by atoms with Gasteiger partial charge in [0.2, 0.25) is 10.0 Å². The molecular formula is C12H14BrN3O3S. The Morgan fingerprint density at radius 2 is 2.20 bits per heavy atom. The Morgan fingerprint density at radius 3 is 2.85 bits per heavy atom. The van der Waals surface area contributed by atoms with E-state index >= 15 is 0 Å². The lowest BCUT2D eigenvalue weighted by Gasteiger charge is -2.07. The van der Waals surface area contributed by atoms with Gasteiger partial charge in [-0.25, -0.2) is 13.1 Å². The van der Waals surface area contributed by atoms with Gasteiger partial charge in [0, 0.05) is 11.0 Å². The Morgan fingerprint density at radius 1 is 1.45 bits per heavy atom. The average Bonchev–Trinajstić information content (AvgIpc) is 2.78. The highest BCUT2D eigenvalue weighted by atomic mass is 79.9. The number of hydrogen-bond donors (Lipinski definition) is 3. The zero-order chi connectivity index (χ0) is 14.8. The van der Waals surface area contributed by atoms with Gasteiger partial charge >= 0.3 is 0 Å². The molecule has 8 heteroatoms. The van der Waals surface area contributed by atoms with Crippen LogP contribution < -0.4 is 4.72 Å². The van der Waals surface area contributed by atoms with Crippen LogP contribution in [-0.2, 0) is 23.2 Å². The summed E-state index contributed by atoms with van der Waals surface area (Å²) in [5.41, 5.74) is 1.34. The number of aliphatic hydroxyl groups is 1. The Balaban J connectivity index is 2.21. The molecule has 1 heterocycles. The van der Waals surface area contributed by atoms with Crippen LogP contribution in [0, 0.1) is 6.92 Å². The average molecular weight is 360 g/mol. The molecule has 0 radical (unpaired) electrons. The van der Waals surface area contributed by atoms with Crippen molar-refractivity contribution >= 4 is 26.0 Å². The first-order valence-electron chi connectivity index (χ1n) is 5.83. The van der Waals surface area contributed by atoms with Gasteiger partial charge in [0.05, 0.1) is 12.3 Å². The van der Waals surface area contributed by atoms with E-state index < -0.39 is 16.6 Å². The van der Waals surface area contributed by atoms with E-state index in [1.807, 2.05) is 24.3 Å². The molecule has 108 valence electrons. The standard InChI is InChI=1S/C12H14BrN3O3S/c1-8-12(11(7-17)16-15-8)20(18,19)14-6-9-3-2-4-10(13)5-9/h2-5,14,17H,6-7H2,1H3,(H,15,16). The summed E-state index contributed by atoms with van der Waals surface area (Å²) in [6.07, 6.45) is 0. The van der Waals surface area contributed by atoms with E-state index in [1.54, 1.807) is 6.92 Å². The molecule has 0 saturated heterocycles. The van der Waals surface area contributed by atoms with E-state index in [2.05, 4.69) is 30.8 Å². The van der Waals surface area contributed by atoms with Gasteiger partial charge in [0.15, 0.2) is 0 Å². The molecule has 2 aromatic rings. The molecule has 0 spiro atoms. The Hall–Kier alpha value is -1.22. The summed E-state index contributed by atoms with van der Waals surface area (Å²) in [6, 6.07) is 7.35. The molecule has 1 aromatic heterocycles. The summed E-state index contributed by atoms with van der Waals surface area (Å²) in [6.45, 7) is 1.33. The summed E-state index contributed by atoms with van der Waals surface area (Å²) in [7, 11) is -3.72. The molecule has 0 saturated carbocycles. The molecule has 0 atom stereocenters. The number of aryl methyl sites for hydroxylation is 1. The number of halogens is 1. The third-order valence-corrected chi connectivity index (χ3v) is 4.83. The lowest BCUT2D eigenvalue weighted by Crippen LogP contribution is -2.24. The highest BCUT2D eigenvalue weighted by Gasteiger charge is 2.23. The van der Waals surface area contributed by atoms with Crippen molar-refractivity contribution < 1.29 is 13.5 Å². The third-order valence-electron chi connectivity index (χ3n) is 2.74. The van der Waals surface area contributed by atoms with E-state index in [0.717, 1.165) is 10.0 Å². The maximum Gasteiger partial charge on any atom is 0.244 e. The van der Waals surface area contributed by atoms with Gasteiger partial charge in [-0.1, -0.05) is 28.1 Å². The topological polar surface area (TPSA) is 95.1 Å². The van der Waals surface area contributed by atoms with E-state index in [9.17, 15) is 8.42 Å². The first kappa shape index (κ1) is 15.2. The van der Waals surface area contributed by atoms with Crippen LogP contribution in [0.3, 0.4) is 0 Å². The van der Waals surface area contributed by atoms with Crippen LogP contribution in [0.4, 0.5) is 0 Å². The lowest BCUT2D eigenvalue weighted by atomic mass is 10.2. The van der Waals surface area contributed by atoms with Crippen molar-refractivity contribution in [3.63, 3.8) is 0 Å². The van der Waals surface area contributed by atoms with Gasteiger partial charge in [-0.2, -0.15) is 5.10 Å². The fourth-order valence-corrected chi connectivity index (χ4v) is 3.65. The minimum absolute atomic E-state index is 0.00926. The van der Waals surface area contributed by atoms with Crippen molar-refractivity contribution in [3.05, 3.63) is 45.7 Å². The Bertz CT molecular complexity index is 712. The number of rotatable bonds is 5. The number of aromatic amines is 1. The highest BCUT2D eigenvalue weighted by molar-refractivity contribution is 9.10. The van der Waals surface area contributed by atoms with E-state index in [4.69, 9.17) is 5.11 Å². The van der Waals surface area contributed by atoms with E-state index in [1.165, 1.54) is 0 Å². The van der Waals surface area contributed by atoms with Gasteiger partial charge in [-0.3, -0.25) is 5.10 Å². The van der Waals surface area contributed by atoms with Crippen LogP contribution in [0.25, 0.3) is 0 Å². The molecule has 0 unspecified atom stereocenters. The molecule has 1 aromatic carbocycles. The molecule has 0 aliphatic carbocycles. The predicted molar refractivity (Wildman–Crippen MR) is 77.4 cm³/mol. The van der Waals surface area contributed by atoms with Gasteiger partial charge < -0.3 is 5.11 Å². The second kappa shape index (κ2) is 6.04. The second-order valence-electron chi connectivity index (χ2n) is 4.24. The molecule has 2 rings (SSSR count). The number of hydrogen-bond acceptors (Lipinski definition) is 4. The van der Waals surface area contributed by atoms with Crippen molar-refractivity contribution in [2.24, 2.45) is 0 Å². The second-order valence-corrected chi connectivity index (χ2v) is 6.86. The molecule has 0 aliphatic heterocycles. The zero-order valence-corrected chi connectivity index (χ0v) is 13.1. The monoisotopic (exact) mass is 359 g/mol. The van der Waals surface area contributed by atoms with E-state index in [-0.39, 0.29) is 17.1 Å². The first-order valence-corrected chi connectivity index (χ1v) is 8.10. The van der Waals surface area contributed by atoms with Gasteiger partial charge in [-0.15, -0.1) is 0 Å². The number of aliphatic hydroxyl groups excluding tert-OH is 1. The first-order chi connectivity index (χ1) is 9.44. The summed E-state index contributed by atoms with van der Waals surface area (Å²) >= 11 is 3.33. The number of aromatic nitrogens is 2. The van der Waals surface area contributed by atoms with Gasteiger partial charge in [-0.05, 0) is 24.6 Å². The predicted octanol–water partition coefficient (Wildman–Crippen LogP) is 1.45. The molecule has 6 nitrogen and oxygen atoms in total. The summed E-state index contributed by atoms with van der Waals surface area (Å²) in [5.74, 6) is 0. The fraction of sp³-hybridized carbons (Fsp3) is 0.250. The quantitative estimate of drug-likeness (QED) is 0.752. The Labute approximate surface area is 125 Å². The molecule has 3 N–H and O–H groups in total. The lowest BCUT2D eigenvalue weighted by molar-refractivity contribution is 0.273. The minimum Gasteiger partial charge on any atom is -0.390 e. The van der Waals surface area contributed by atoms with E-state index in [0.29, 0.717) is 5.69 Å². The van der Waals surface area contributed by atoms with Gasteiger partial charge in [0.1, 0.15) is 10.6 Å². The molecule has 0 fully saturated rings. The normalized spacial score (nSPS) is 11.8. The van der Waals surface area contributed by atoms with Crippen molar-refractivity contribution in [2.75, 3.05) is 0 Å². The van der Waals surface area contributed by atoms with Crippen LogP contribution in [0.5, 0.6) is 0 Å². The van der Waals surface area contributed by atoms with Crippen LogP contribution in [-0.4, -0.2) is 23.7 Å². The molecule has 0 aliphatic rings. The van der Waals surface area contributed by atoms with Crippen molar-refractivity contribution in [2.45, 2.75) is 25.0 Å². The fourth-order valence-electron chi connectivity index (χ4n) is 1.83. The van der Waals surface area contributed by atoms with Crippen molar-refractivity contribution in [3.8, 4) is 0 Å². The van der Waals surface area contributed by atoms with Crippen LogP contribution in [0.1, 0.15) is 17.0 Å². The Kier molecular flexibility index (Phi) is 4.59. The molecule has 0 bridgehead atoms. The molecular weight excluding hydrogens is 346 g/mol. The van der Waals surface area contributed by atoms with Crippen molar-refractivity contribution in [1.29, 1.82) is 0 Å². The number of sulfonamides is 1. The molecule has 0 amide bonds. The number of H-pyrrole nitrogens is 1. The highest BCUT2D eigenvalue weighted by Crippen LogP contribution is 2.18. The number of nitrogens with zero attached hydrogens (tertiary/aromatic N) is 1. The SMILES string of the molecule is Cc1[nH]nc(CO)c1S(=O)(=O)NCc1cccc(Br)c1. The van der Waals surface area contributed by atoms with Crippen molar-refractivity contribution in [1.82, 2.24) is 14.9 Å². The molecule has 20 heavy (non-hydrogen) atoms. The maximum atomic E-state index is 12.3. The zero-order valence-electron chi connectivity index (χ0n) is 10.7. The minimum atomic E-state index is -3.72.